The highest BCUT2D eigenvalue weighted by Crippen LogP contribution is 2.29. The van der Waals surface area contributed by atoms with Crippen LogP contribution in [0, 0.1) is 0 Å². The van der Waals surface area contributed by atoms with Gasteiger partial charge in [0.05, 0.1) is 10.6 Å². The molecule has 1 atom stereocenters. The Kier molecular flexibility index (Phi) is 2.93. The minimum atomic E-state index is -0.682. The summed E-state index contributed by atoms with van der Waals surface area (Å²) in [5.41, 5.74) is 7.28. The van der Waals surface area contributed by atoms with Crippen molar-refractivity contribution in [2.45, 2.75) is 19.4 Å². The van der Waals surface area contributed by atoms with E-state index in [0.717, 1.165) is 22.6 Å². The highest BCUT2D eigenvalue weighted by molar-refractivity contribution is 7.15. The zero-order chi connectivity index (χ0) is 11.7. The third kappa shape index (κ3) is 1.94. The maximum absolute atomic E-state index is 10.2. The van der Waals surface area contributed by atoms with E-state index in [1.807, 2.05) is 20.2 Å². The molecule has 2 aromatic heterocycles. The van der Waals surface area contributed by atoms with Gasteiger partial charge in [-0.15, -0.1) is 0 Å². The zero-order valence-corrected chi connectivity index (χ0v) is 10.0. The van der Waals surface area contributed by atoms with Gasteiger partial charge in [-0.3, -0.25) is 4.68 Å². The maximum Gasteiger partial charge on any atom is 0.180 e. The second kappa shape index (κ2) is 4.23. The third-order valence-electron chi connectivity index (χ3n) is 2.38. The molecule has 5 nitrogen and oxygen atoms in total. The summed E-state index contributed by atoms with van der Waals surface area (Å²) in [4.78, 5) is 4.68. The molecule has 0 saturated carbocycles. The number of nitrogen functional groups attached to an aromatic ring is 1. The molecule has 0 aliphatic heterocycles. The van der Waals surface area contributed by atoms with Crippen molar-refractivity contribution in [3.05, 3.63) is 28.5 Å². The topological polar surface area (TPSA) is 77.0 Å². The number of hydrogen-bond donors (Lipinski definition) is 2. The number of aromatic nitrogens is 3. The van der Waals surface area contributed by atoms with Crippen molar-refractivity contribution in [1.82, 2.24) is 14.8 Å². The molecule has 0 aliphatic rings. The van der Waals surface area contributed by atoms with Crippen LogP contribution in [0.4, 0.5) is 5.13 Å². The summed E-state index contributed by atoms with van der Waals surface area (Å²) in [5.74, 6) is 0. The van der Waals surface area contributed by atoms with Gasteiger partial charge in [0, 0.05) is 25.0 Å². The minimum absolute atomic E-state index is 0.469. The van der Waals surface area contributed by atoms with E-state index in [0.29, 0.717) is 5.13 Å². The van der Waals surface area contributed by atoms with Gasteiger partial charge >= 0.3 is 0 Å². The summed E-state index contributed by atoms with van der Waals surface area (Å²) in [6, 6.07) is 0. The van der Waals surface area contributed by atoms with E-state index in [9.17, 15) is 5.11 Å². The number of nitrogens with two attached hydrogens (primary N) is 1. The Morgan fingerprint density at radius 1 is 1.62 bits per heavy atom. The number of thiazole rings is 1. The lowest BCUT2D eigenvalue weighted by Gasteiger charge is -2.06. The first-order valence-electron chi connectivity index (χ1n) is 5.03. The number of anilines is 1. The summed E-state index contributed by atoms with van der Waals surface area (Å²) < 4.78 is 1.71. The fourth-order valence-electron chi connectivity index (χ4n) is 1.64. The number of rotatable bonds is 3. The highest BCUT2D eigenvalue weighted by atomic mass is 32.1. The van der Waals surface area contributed by atoms with Crippen LogP contribution >= 0.6 is 11.3 Å². The summed E-state index contributed by atoms with van der Waals surface area (Å²) in [6.45, 7) is 2.01. The summed E-state index contributed by atoms with van der Waals surface area (Å²) >= 11 is 1.30. The Labute approximate surface area is 97.5 Å². The van der Waals surface area contributed by atoms with Crippen molar-refractivity contribution >= 4 is 16.5 Å². The predicted octanol–water partition coefficient (Wildman–Crippen LogP) is 1.10. The third-order valence-corrected chi connectivity index (χ3v) is 3.26. The molecule has 6 heteroatoms. The maximum atomic E-state index is 10.2. The van der Waals surface area contributed by atoms with Gasteiger partial charge in [-0.2, -0.15) is 5.10 Å². The van der Waals surface area contributed by atoms with Gasteiger partial charge in [0.1, 0.15) is 6.10 Å². The molecule has 0 fully saturated rings. The normalized spacial score (nSPS) is 12.9. The molecule has 3 N–H and O–H groups in total. The second-order valence-corrected chi connectivity index (χ2v) is 4.66. The van der Waals surface area contributed by atoms with E-state index in [2.05, 4.69) is 10.1 Å². The Bertz CT molecular complexity index is 491. The zero-order valence-electron chi connectivity index (χ0n) is 9.21. The van der Waals surface area contributed by atoms with Crippen molar-refractivity contribution in [3.8, 4) is 0 Å². The smallest absolute Gasteiger partial charge is 0.180 e. The van der Waals surface area contributed by atoms with Crippen LogP contribution < -0.4 is 5.73 Å². The average Bonchev–Trinajstić information content (AvgIpc) is 2.83. The van der Waals surface area contributed by atoms with Gasteiger partial charge in [-0.25, -0.2) is 4.98 Å². The van der Waals surface area contributed by atoms with Gasteiger partial charge in [0.15, 0.2) is 5.13 Å². The number of nitrogens with zero attached hydrogens (tertiary/aromatic N) is 3. The largest absolute Gasteiger partial charge is 0.383 e. The van der Waals surface area contributed by atoms with E-state index in [1.54, 1.807) is 10.9 Å². The number of aliphatic hydroxyl groups is 1. The van der Waals surface area contributed by atoms with Crippen molar-refractivity contribution < 1.29 is 5.11 Å². The fourth-order valence-corrected chi connectivity index (χ4v) is 2.33. The molecular weight excluding hydrogens is 224 g/mol. The van der Waals surface area contributed by atoms with Crippen LogP contribution in [0.3, 0.4) is 0 Å². The van der Waals surface area contributed by atoms with Crippen molar-refractivity contribution in [1.29, 1.82) is 0 Å². The first-order valence-corrected chi connectivity index (χ1v) is 5.85. The Hall–Kier alpha value is -1.40. The molecule has 0 amide bonds. The molecule has 0 aliphatic carbocycles. The monoisotopic (exact) mass is 238 g/mol. The molecule has 2 rings (SSSR count). The van der Waals surface area contributed by atoms with E-state index in [4.69, 9.17) is 5.73 Å². The minimum Gasteiger partial charge on any atom is -0.383 e. The molecule has 0 spiro atoms. The van der Waals surface area contributed by atoms with E-state index >= 15 is 0 Å². The molecule has 2 heterocycles. The Morgan fingerprint density at radius 2 is 2.38 bits per heavy atom. The molecule has 86 valence electrons. The second-order valence-electron chi connectivity index (χ2n) is 3.56. The fraction of sp³-hybridized carbons (Fsp3) is 0.400. The van der Waals surface area contributed by atoms with Crippen LogP contribution in [0.15, 0.2) is 12.4 Å². The number of aliphatic hydroxyl groups excluding tert-OH is 1. The van der Waals surface area contributed by atoms with Gasteiger partial charge in [-0.1, -0.05) is 18.3 Å². The summed E-state index contributed by atoms with van der Waals surface area (Å²) in [6.07, 6.45) is 3.55. The van der Waals surface area contributed by atoms with Crippen LogP contribution in [0.2, 0.25) is 0 Å². The molecule has 2 aromatic rings. The molecule has 0 radical (unpaired) electrons. The average molecular weight is 238 g/mol. The van der Waals surface area contributed by atoms with Crippen molar-refractivity contribution in [3.63, 3.8) is 0 Å². The van der Waals surface area contributed by atoms with Crippen molar-refractivity contribution in [2.24, 2.45) is 7.05 Å². The van der Waals surface area contributed by atoms with Gasteiger partial charge in [-0.05, 0) is 6.42 Å². The number of aryl methyl sites for hydroxylation is 2. The van der Waals surface area contributed by atoms with Crippen LogP contribution in [0.5, 0.6) is 0 Å². The SMILES string of the molecule is CCc1nn(C)cc1C(O)c1cnc(N)s1. The standard InChI is InChI=1S/C10H14N4OS/c1-3-7-6(5-14(2)13-7)9(15)8-4-12-10(11)16-8/h4-5,9,15H,3H2,1-2H3,(H2,11,12). The highest BCUT2D eigenvalue weighted by Gasteiger charge is 2.19. The molecule has 0 aromatic carbocycles. The van der Waals surface area contributed by atoms with Crippen LogP contribution in [-0.2, 0) is 13.5 Å². The summed E-state index contributed by atoms with van der Waals surface area (Å²) in [5, 5.41) is 15.0. The number of hydrogen-bond acceptors (Lipinski definition) is 5. The molecular formula is C10H14N4OS. The van der Waals surface area contributed by atoms with Crippen LogP contribution in [0.1, 0.15) is 29.2 Å². The quantitative estimate of drug-likeness (QED) is 0.839. The Balaban J connectivity index is 2.36. The van der Waals surface area contributed by atoms with E-state index in [-0.39, 0.29) is 0 Å². The van der Waals surface area contributed by atoms with Gasteiger partial charge in [0.25, 0.3) is 0 Å². The lowest BCUT2D eigenvalue weighted by Crippen LogP contribution is -1.99. The van der Waals surface area contributed by atoms with Crippen molar-refractivity contribution in [2.75, 3.05) is 5.73 Å². The van der Waals surface area contributed by atoms with Gasteiger partial charge < -0.3 is 10.8 Å². The molecule has 0 bridgehead atoms. The van der Waals surface area contributed by atoms with Gasteiger partial charge in [0.2, 0.25) is 0 Å². The van der Waals surface area contributed by atoms with E-state index < -0.39 is 6.10 Å². The molecule has 0 saturated heterocycles. The first-order chi connectivity index (χ1) is 7.61. The van der Waals surface area contributed by atoms with Crippen LogP contribution in [-0.4, -0.2) is 19.9 Å². The van der Waals surface area contributed by atoms with E-state index in [1.165, 1.54) is 11.3 Å². The van der Waals surface area contributed by atoms with Crippen LogP contribution in [0.25, 0.3) is 0 Å². The molecule has 16 heavy (non-hydrogen) atoms. The molecule has 1 unspecified atom stereocenters. The predicted molar refractivity (Wildman–Crippen MR) is 63.2 cm³/mol. The summed E-state index contributed by atoms with van der Waals surface area (Å²) in [7, 11) is 1.84. The Morgan fingerprint density at radius 3 is 2.94 bits per heavy atom. The lowest BCUT2D eigenvalue weighted by atomic mass is 10.1. The first kappa shape index (κ1) is 11.1. The lowest BCUT2D eigenvalue weighted by molar-refractivity contribution is 0.223.